The van der Waals surface area contributed by atoms with Crippen molar-refractivity contribution in [1.29, 1.82) is 0 Å². The second-order valence-electron chi connectivity index (χ2n) is 5.91. The molecule has 2 aromatic rings. The molecule has 3 N–H and O–H groups in total. The van der Waals surface area contributed by atoms with Gasteiger partial charge in [-0.05, 0) is 32.4 Å². The maximum absolute atomic E-state index is 12.7. The molecule has 2 aromatic heterocycles. The van der Waals surface area contributed by atoms with Crippen molar-refractivity contribution in [3.05, 3.63) is 29.7 Å². The van der Waals surface area contributed by atoms with Gasteiger partial charge in [0, 0.05) is 25.3 Å². The molecule has 9 nitrogen and oxygen atoms in total. The number of imidazole rings is 1. The quantitative estimate of drug-likeness (QED) is 0.774. The van der Waals surface area contributed by atoms with E-state index in [0.717, 1.165) is 4.31 Å². The Morgan fingerprint density at radius 1 is 1.52 bits per heavy atom. The summed E-state index contributed by atoms with van der Waals surface area (Å²) in [6.45, 7) is 4.60. The number of aromatic nitrogens is 2. The predicted molar refractivity (Wildman–Crippen MR) is 91.6 cm³/mol. The van der Waals surface area contributed by atoms with E-state index in [0.29, 0.717) is 42.4 Å². The minimum absolute atomic E-state index is 0.171. The Morgan fingerprint density at radius 3 is 2.92 bits per heavy atom. The highest BCUT2D eigenvalue weighted by molar-refractivity contribution is 7.86. The number of nitrogens with one attached hydrogen (secondary N) is 1. The van der Waals surface area contributed by atoms with Crippen LogP contribution in [0.15, 0.2) is 18.3 Å². The van der Waals surface area contributed by atoms with Crippen LogP contribution < -0.4 is 15.2 Å². The Morgan fingerprint density at radius 2 is 2.28 bits per heavy atom. The van der Waals surface area contributed by atoms with Gasteiger partial charge in [-0.25, -0.2) is 10.1 Å². The summed E-state index contributed by atoms with van der Waals surface area (Å²) < 4.78 is 31.2. The Bertz CT molecular complexity index is 908. The van der Waals surface area contributed by atoms with E-state index < -0.39 is 10.2 Å². The average molecular weight is 367 g/mol. The van der Waals surface area contributed by atoms with Crippen LogP contribution in [0.1, 0.15) is 29.5 Å². The van der Waals surface area contributed by atoms with Gasteiger partial charge in [0.1, 0.15) is 5.69 Å². The molecule has 0 saturated carbocycles. The normalized spacial score (nSPS) is 18.6. The summed E-state index contributed by atoms with van der Waals surface area (Å²) in [5.74, 6) is 0.299. The molecule has 1 saturated heterocycles. The van der Waals surface area contributed by atoms with Crippen LogP contribution in [0.4, 0.5) is 0 Å². The van der Waals surface area contributed by atoms with Gasteiger partial charge in [0.05, 0.1) is 12.3 Å². The van der Waals surface area contributed by atoms with Crippen LogP contribution in [0.3, 0.4) is 0 Å². The van der Waals surface area contributed by atoms with Crippen LogP contribution in [0.5, 0.6) is 5.75 Å². The fourth-order valence-electron chi connectivity index (χ4n) is 3.03. The van der Waals surface area contributed by atoms with Crippen molar-refractivity contribution in [2.45, 2.75) is 26.3 Å². The monoisotopic (exact) mass is 367 g/mol. The highest BCUT2D eigenvalue weighted by atomic mass is 32.2. The van der Waals surface area contributed by atoms with Gasteiger partial charge in [0.15, 0.2) is 11.4 Å². The fraction of sp³-hybridized carbons (Fsp3) is 0.467. The first-order valence-corrected chi connectivity index (χ1v) is 9.50. The van der Waals surface area contributed by atoms with Gasteiger partial charge in [0.25, 0.3) is 16.1 Å². The molecule has 1 amide bonds. The number of ether oxygens (including phenoxy) is 1. The van der Waals surface area contributed by atoms with Crippen molar-refractivity contribution in [2.75, 3.05) is 19.7 Å². The molecule has 136 valence electrons. The van der Waals surface area contributed by atoms with Crippen LogP contribution in [0.2, 0.25) is 0 Å². The summed E-state index contributed by atoms with van der Waals surface area (Å²) in [6, 6.07) is 3.30. The summed E-state index contributed by atoms with van der Waals surface area (Å²) >= 11 is 0. The third-order valence-corrected chi connectivity index (χ3v) is 5.20. The third-order valence-electron chi connectivity index (χ3n) is 4.15. The molecule has 0 unspecified atom stereocenters. The Hall–Kier alpha value is -2.17. The van der Waals surface area contributed by atoms with Crippen LogP contribution >= 0.6 is 0 Å². The number of aryl methyl sites for hydroxylation is 1. The number of fused-ring (bicyclic) bond motifs is 1. The van der Waals surface area contributed by atoms with Crippen LogP contribution in [0.25, 0.3) is 5.65 Å². The molecule has 10 heteroatoms. The van der Waals surface area contributed by atoms with E-state index >= 15 is 0 Å². The van der Waals surface area contributed by atoms with E-state index in [9.17, 15) is 13.2 Å². The largest absolute Gasteiger partial charge is 0.490 e. The topological polar surface area (TPSA) is 119 Å². The first-order valence-electron chi connectivity index (χ1n) is 8.00. The number of nitrogens with zero attached hydrogens (tertiary/aromatic N) is 3. The molecule has 0 aliphatic carbocycles. The van der Waals surface area contributed by atoms with E-state index in [1.54, 1.807) is 29.7 Å². The maximum Gasteiger partial charge on any atom is 0.276 e. The third kappa shape index (κ3) is 3.46. The molecule has 25 heavy (non-hydrogen) atoms. The molecule has 0 radical (unpaired) electrons. The molecule has 0 spiro atoms. The Balaban J connectivity index is 1.84. The van der Waals surface area contributed by atoms with Gasteiger partial charge in [-0.2, -0.15) is 12.7 Å². The van der Waals surface area contributed by atoms with Crippen molar-refractivity contribution in [2.24, 2.45) is 5.14 Å². The highest BCUT2D eigenvalue weighted by Crippen LogP contribution is 2.22. The number of hydrogen-bond acceptors (Lipinski definition) is 5. The minimum atomic E-state index is -3.73. The fourth-order valence-corrected chi connectivity index (χ4v) is 3.78. The molecule has 3 heterocycles. The predicted octanol–water partition coefficient (Wildman–Crippen LogP) is 0.0490. The summed E-state index contributed by atoms with van der Waals surface area (Å²) in [5, 5.41) is 7.99. The number of carbonyl (C=O) groups excluding carboxylic acids is 1. The van der Waals surface area contributed by atoms with E-state index in [4.69, 9.17) is 9.88 Å². The molecule has 1 aliphatic heterocycles. The van der Waals surface area contributed by atoms with Gasteiger partial charge < -0.3 is 10.1 Å². The smallest absolute Gasteiger partial charge is 0.276 e. The lowest BCUT2D eigenvalue weighted by Gasteiger charge is -2.14. The zero-order valence-electron chi connectivity index (χ0n) is 14.1. The summed E-state index contributed by atoms with van der Waals surface area (Å²) in [4.78, 5) is 17.1. The lowest BCUT2D eigenvalue weighted by molar-refractivity contribution is 0.0932. The average Bonchev–Trinajstić information content (AvgIpc) is 3.11. The maximum atomic E-state index is 12.7. The molecule has 1 atom stereocenters. The molecular formula is C15H21N5O4S. The zero-order valence-corrected chi connectivity index (χ0v) is 14.9. The highest BCUT2D eigenvalue weighted by Gasteiger charge is 2.31. The van der Waals surface area contributed by atoms with Gasteiger partial charge >= 0.3 is 0 Å². The number of hydrogen-bond donors (Lipinski definition) is 2. The molecule has 1 fully saturated rings. The van der Waals surface area contributed by atoms with Gasteiger partial charge in [-0.1, -0.05) is 0 Å². The lowest BCUT2D eigenvalue weighted by Crippen LogP contribution is -2.40. The number of amides is 1. The van der Waals surface area contributed by atoms with E-state index in [2.05, 4.69) is 10.3 Å². The standard InChI is InChI=1S/C15H21N5O4S/c1-3-24-12-5-4-7-20-13(10(2)17-14(12)20)15(21)18-11-6-8-19(9-11)25(16,22)23/h4-5,7,11H,3,6,8-9H2,1-2H3,(H,18,21)(H2,16,22,23)/t11-/m0/s1. The molecule has 1 aliphatic rings. The first kappa shape index (κ1) is 17.6. The zero-order chi connectivity index (χ0) is 18.2. The van der Waals surface area contributed by atoms with Crippen LogP contribution in [0, 0.1) is 6.92 Å². The van der Waals surface area contributed by atoms with Crippen molar-refractivity contribution in [3.8, 4) is 5.75 Å². The molecule has 0 aromatic carbocycles. The second kappa shape index (κ2) is 6.62. The lowest BCUT2D eigenvalue weighted by atomic mass is 10.2. The van der Waals surface area contributed by atoms with Gasteiger partial charge in [-0.15, -0.1) is 0 Å². The number of pyridine rings is 1. The number of nitrogens with two attached hydrogens (primary N) is 1. The van der Waals surface area contributed by atoms with Crippen LogP contribution in [-0.4, -0.2) is 53.8 Å². The van der Waals surface area contributed by atoms with Crippen molar-refractivity contribution in [1.82, 2.24) is 19.0 Å². The SMILES string of the molecule is CCOc1cccn2c(C(=O)N[C@H]3CCN(S(N)(=O)=O)C3)c(C)nc12. The van der Waals surface area contributed by atoms with Crippen molar-refractivity contribution in [3.63, 3.8) is 0 Å². The molecular weight excluding hydrogens is 346 g/mol. The minimum Gasteiger partial charge on any atom is -0.490 e. The number of rotatable bonds is 5. The summed E-state index contributed by atoms with van der Waals surface area (Å²) in [7, 11) is -3.73. The van der Waals surface area contributed by atoms with Crippen LogP contribution in [-0.2, 0) is 10.2 Å². The van der Waals surface area contributed by atoms with Gasteiger partial charge in [-0.3, -0.25) is 9.20 Å². The summed E-state index contributed by atoms with van der Waals surface area (Å²) in [6.07, 6.45) is 2.26. The molecule has 3 rings (SSSR count). The van der Waals surface area contributed by atoms with E-state index in [1.807, 2.05) is 6.92 Å². The summed E-state index contributed by atoms with van der Waals surface area (Å²) in [5.41, 5.74) is 1.56. The molecule has 0 bridgehead atoms. The van der Waals surface area contributed by atoms with Gasteiger partial charge in [0.2, 0.25) is 0 Å². The number of carbonyl (C=O) groups is 1. The Labute approximate surface area is 146 Å². The second-order valence-corrected chi connectivity index (χ2v) is 7.45. The van der Waals surface area contributed by atoms with E-state index in [-0.39, 0.29) is 18.5 Å². The Kier molecular flexibility index (Phi) is 4.67. The van der Waals surface area contributed by atoms with E-state index in [1.165, 1.54) is 0 Å². The van der Waals surface area contributed by atoms with Crippen molar-refractivity contribution >= 4 is 21.8 Å². The first-order chi connectivity index (χ1) is 11.8. The van der Waals surface area contributed by atoms with Crippen molar-refractivity contribution < 1.29 is 17.9 Å².